The van der Waals surface area contributed by atoms with Crippen LogP contribution in [0.15, 0.2) is 15.5 Å². The molecule has 0 saturated heterocycles. The van der Waals surface area contributed by atoms with Gasteiger partial charge in [0.2, 0.25) is 5.43 Å². The average molecular weight is 369 g/mol. The summed E-state index contributed by atoms with van der Waals surface area (Å²) in [6, 6.07) is 0.135. The van der Waals surface area contributed by atoms with Crippen LogP contribution >= 0.6 is 15.9 Å². The van der Waals surface area contributed by atoms with E-state index in [4.69, 9.17) is 4.74 Å². The van der Waals surface area contributed by atoms with Gasteiger partial charge in [-0.15, -0.1) is 0 Å². The lowest BCUT2D eigenvalue weighted by molar-refractivity contribution is 0.0549. The minimum absolute atomic E-state index is 0.0979. The first kappa shape index (κ1) is 15.6. The van der Waals surface area contributed by atoms with Crippen molar-refractivity contribution in [2.75, 3.05) is 13.7 Å². The van der Waals surface area contributed by atoms with Crippen LogP contribution in [0.25, 0.3) is 0 Å². The molecule has 0 unspecified atom stereocenters. The lowest BCUT2D eigenvalue weighted by atomic mass is 10.0. The lowest BCUT2D eigenvalue weighted by Gasteiger charge is -2.41. The summed E-state index contributed by atoms with van der Waals surface area (Å²) in [5.74, 6) is 0.0636. The fourth-order valence-electron chi connectivity index (χ4n) is 3.33. The number of unbranched alkanes of at least 4 members (excludes halogenated alkanes) is 1. The maximum Gasteiger partial charge on any atom is 0.274 e. The van der Waals surface area contributed by atoms with Crippen molar-refractivity contribution >= 4 is 21.8 Å². The van der Waals surface area contributed by atoms with Crippen molar-refractivity contribution in [3.05, 3.63) is 26.6 Å². The highest BCUT2D eigenvalue weighted by molar-refractivity contribution is 9.10. The minimum atomic E-state index is -0.247. The number of fused-ring (bicyclic) bond motifs is 1. The summed E-state index contributed by atoms with van der Waals surface area (Å²) in [5.41, 5.74) is 0.0408. The van der Waals surface area contributed by atoms with Crippen molar-refractivity contribution < 1.29 is 9.53 Å². The highest BCUT2D eigenvalue weighted by Crippen LogP contribution is 2.53. The van der Waals surface area contributed by atoms with Crippen LogP contribution in [0, 0.1) is 0 Å². The summed E-state index contributed by atoms with van der Waals surface area (Å²) in [5, 5.41) is 0. The molecule has 1 aliphatic carbocycles. The molecule has 3 rings (SSSR count). The Hall–Kier alpha value is -1.30. The average Bonchev–Trinajstić information content (AvgIpc) is 3.29. The standard InChI is InChI=1S/C16H21BrN2O3/c1-4-5-8-22-14-12-15(21)18(3)16(6-7-16)10(2)19(12)9-11(17)13(14)20/h9-10H,4-8H2,1-3H3/t10-/m0/s1. The van der Waals surface area contributed by atoms with Crippen LogP contribution in [0.5, 0.6) is 5.75 Å². The van der Waals surface area contributed by atoms with Crippen molar-refractivity contribution in [3.63, 3.8) is 0 Å². The van der Waals surface area contributed by atoms with Gasteiger partial charge in [0, 0.05) is 13.2 Å². The van der Waals surface area contributed by atoms with Gasteiger partial charge in [-0.25, -0.2) is 0 Å². The Morgan fingerprint density at radius 2 is 2.09 bits per heavy atom. The van der Waals surface area contributed by atoms with E-state index in [0.29, 0.717) is 16.8 Å². The maximum absolute atomic E-state index is 12.8. The third-order valence-electron chi connectivity index (χ3n) is 5.03. The maximum atomic E-state index is 12.8. The number of hydrogen-bond acceptors (Lipinski definition) is 3. The van der Waals surface area contributed by atoms with Crippen LogP contribution in [-0.2, 0) is 0 Å². The Balaban J connectivity index is 2.13. The number of carbonyl (C=O) groups excluding carboxylic acids is 1. The molecule has 1 atom stereocenters. The Kier molecular flexibility index (Phi) is 3.83. The predicted molar refractivity (Wildman–Crippen MR) is 87.6 cm³/mol. The van der Waals surface area contributed by atoms with Gasteiger partial charge in [-0.2, -0.15) is 0 Å². The van der Waals surface area contributed by atoms with E-state index in [-0.39, 0.29) is 28.7 Å². The molecule has 0 aromatic carbocycles. The molecule has 0 radical (unpaired) electrons. The van der Waals surface area contributed by atoms with Crippen LogP contribution in [0.4, 0.5) is 0 Å². The highest BCUT2D eigenvalue weighted by Gasteiger charge is 2.57. The summed E-state index contributed by atoms with van der Waals surface area (Å²) < 4.78 is 8.07. The molecule has 120 valence electrons. The normalized spacial score (nSPS) is 21.9. The Morgan fingerprint density at radius 1 is 1.41 bits per heavy atom. The molecule has 5 nitrogen and oxygen atoms in total. The van der Waals surface area contributed by atoms with Gasteiger partial charge >= 0.3 is 0 Å². The van der Waals surface area contributed by atoms with E-state index in [1.165, 1.54) is 0 Å². The SMILES string of the molecule is CCCCOc1c2n(cc(Br)c1=O)[C@@H](C)C1(CC1)N(C)C2=O. The molecule has 1 aromatic rings. The van der Waals surface area contributed by atoms with Crippen molar-refractivity contribution in [1.29, 1.82) is 0 Å². The monoisotopic (exact) mass is 368 g/mol. The summed E-state index contributed by atoms with van der Waals surface area (Å²) in [6.45, 7) is 4.61. The number of carbonyl (C=O) groups is 1. The largest absolute Gasteiger partial charge is 0.487 e. The molecule has 0 N–H and O–H groups in total. The third kappa shape index (κ3) is 2.11. The zero-order chi connectivity index (χ0) is 16.1. The van der Waals surface area contributed by atoms with E-state index in [1.807, 2.05) is 11.6 Å². The molecule has 1 saturated carbocycles. The molecular formula is C16H21BrN2O3. The van der Waals surface area contributed by atoms with Crippen molar-refractivity contribution in [2.45, 2.75) is 51.1 Å². The molecule has 1 fully saturated rings. The molecule has 2 heterocycles. The highest BCUT2D eigenvalue weighted by atomic mass is 79.9. The van der Waals surface area contributed by atoms with E-state index < -0.39 is 0 Å². The number of rotatable bonds is 4. The van der Waals surface area contributed by atoms with Gasteiger partial charge in [-0.3, -0.25) is 9.59 Å². The van der Waals surface area contributed by atoms with Gasteiger partial charge in [-0.1, -0.05) is 13.3 Å². The molecular weight excluding hydrogens is 348 g/mol. The smallest absolute Gasteiger partial charge is 0.274 e. The molecule has 1 aliphatic heterocycles. The Morgan fingerprint density at radius 3 is 2.68 bits per heavy atom. The van der Waals surface area contributed by atoms with Crippen LogP contribution in [-0.4, -0.2) is 34.6 Å². The molecule has 2 aliphatic rings. The van der Waals surface area contributed by atoms with Crippen LogP contribution in [0.3, 0.4) is 0 Å². The van der Waals surface area contributed by atoms with E-state index >= 15 is 0 Å². The van der Waals surface area contributed by atoms with Gasteiger partial charge in [-0.05, 0) is 42.1 Å². The number of ether oxygens (including phenoxy) is 1. The fourth-order valence-corrected chi connectivity index (χ4v) is 3.73. The minimum Gasteiger partial charge on any atom is -0.487 e. The predicted octanol–water partition coefficient (Wildman–Crippen LogP) is 2.97. The van der Waals surface area contributed by atoms with Crippen molar-refractivity contribution in [1.82, 2.24) is 9.47 Å². The Labute approximate surface area is 138 Å². The van der Waals surface area contributed by atoms with Crippen molar-refractivity contribution in [2.24, 2.45) is 0 Å². The van der Waals surface area contributed by atoms with Gasteiger partial charge in [0.25, 0.3) is 5.91 Å². The van der Waals surface area contributed by atoms with E-state index in [2.05, 4.69) is 29.8 Å². The molecule has 1 spiro atoms. The topological polar surface area (TPSA) is 51.5 Å². The summed E-state index contributed by atoms with van der Waals surface area (Å²) in [7, 11) is 1.83. The molecule has 1 aromatic heterocycles. The first-order valence-corrected chi connectivity index (χ1v) is 8.59. The van der Waals surface area contributed by atoms with Crippen LogP contribution < -0.4 is 10.2 Å². The van der Waals surface area contributed by atoms with E-state index in [1.54, 1.807) is 11.1 Å². The molecule has 0 bridgehead atoms. The van der Waals surface area contributed by atoms with Gasteiger partial charge in [0.1, 0.15) is 0 Å². The number of aromatic nitrogens is 1. The zero-order valence-corrected chi connectivity index (χ0v) is 14.8. The van der Waals surface area contributed by atoms with Gasteiger partial charge in [0.15, 0.2) is 11.4 Å². The first-order valence-electron chi connectivity index (χ1n) is 7.79. The summed E-state index contributed by atoms with van der Waals surface area (Å²) in [4.78, 5) is 27.0. The second kappa shape index (κ2) is 5.41. The third-order valence-corrected chi connectivity index (χ3v) is 5.59. The second-order valence-electron chi connectivity index (χ2n) is 6.24. The molecule has 6 heteroatoms. The van der Waals surface area contributed by atoms with Crippen LogP contribution in [0.1, 0.15) is 56.1 Å². The number of halogens is 1. The number of nitrogens with zero attached hydrogens (tertiary/aromatic N) is 2. The number of hydrogen-bond donors (Lipinski definition) is 0. The van der Waals surface area contributed by atoms with Crippen molar-refractivity contribution in [3.8, 4) is 5.75 Å². The quantitative estimate of drug-likeness (QED) is 0.767. The second-order valence-corrected chi connectivity index (χ2v) is 7.09. The fraction of sp³-hybridized carbons (Fsp3) is 0.625. The zero-order valence-electron chi connectivity index (χ0n) is 13.2. The molecule has 22 heavy (non-hydrogen) atoms. The first-order chi connectivity index (χ1) is 10.4. The van der Waals surface area contributed by atoms with E-state index in [0.717, 1.165) is 25.7 Å². The number of likely N-dealkylation sites (N-methyl/N-ethyl adjacent to an activating group) is 1. The number of pyridine rings is 1. The Bertz CT molecular complexity index is 679. The summed E-state index contributed by atoms with van der Waals surface area (Å²) >= 11 is 3.32. The van der Waals surface area contributed by atoms with Gasteiger partial charge < -0.3 is 14.2 Å². The van der Waals surface area contributed by atoms with E-state index in [9.17, 15) is 9.59 Å². The molecule has 1 amide bonds. The van der Waals surface area contributed by atoms with Gasteiger partial charge in [0.05, 0.1) is 22.7 Å². The van der Waals surface area contributed by atoms with Crippen LogP contribution in [0.2, 0.25) is 0 Å². The number of amides is 1. The summed E-state index contributed by atoms with van der Waals surface area (Å²) in [6.07, 6.45) is 5.58. The lowest BCUT2D eigenvalue weighted by Crippen LogP contribution is -2.50.